The van der Waals surface area contributed by atoms with E-state index < -0.39 is 0 Å². The highest BCUT2D eigenvalue weighted by Crippen LogP contribution is 2.29. The predicted molar refractivity (Wildman–Crippen MR) is 54.7 cm³/mol. The Hall–Kier alpha value is -1.45. The third kappa shape index (κ3) is 1.02. The lowest BCUT2D eigenvalue weighted by atomic mass is 10.1. The van der Waals surface area contributed by atoms with E-state index in [4.69, 9.17) is 5.84 Å². The maximum absolute atomic E-state index is 5.71. The van der Waals surface area contributed by atoms with Gasteiger partial charge in [-0.2, -0.15) is 0 Å². The van der Waals surface area contributed by atoms with Crippen LogP contribution in [0.4, 0.5) is 5.69 Å². The minimum Gasteiger partial charge on any atom is -0.349 e. The molecule has 0 spiro atoms. The monoisotopic (exact) mass is 178 g/mol. The summed E-state index contributed by atoms with van der Waals surface area (Å²) in [5.41, 5.74) is 1.92. The number of nitrogens with zero attached hydrogens (tertiary/aromatic N) is 3. The number of aromatic nitrogens is 1. The third-order valence-electron chi connectivity index (χ3n) is 2.62. The summed E-state index contributed by atoms with van der Waals surface area (Å²) in [4.78, 5) is 6.53. The number of nitrogen functional groups attached to an aromatic ring is 1. The molecule has 1 aromatic rings. The van der Waals surface area contributed by atoms with Crippen molar-refractivity contribution >= 4 is 11.9 Å². The quantitative estimate of drug-likeness (QED) is 0.597. The number of rotatable bonds is 0. The van der Waals surface area contributed by atoms with Crippen LogP contribution in [-0.2, 0) is 0 Å². The van der Waals surface area contributed by atoms with Gasteiger partial charge >= 0.3 is 0 Å². The van der Waals surface area contributed by atoms with Gasteiger partial charge in [-0.25, -0.2) is 0 Å². The average Bonchev–Trinajstić information content (AvgIpc) is 2.41. The van der Waals surface area contributed by atoms with E-state index in [1.165, 1.54) is 0 Å². The zero-order valence-electron chi connectivity index (χ0n) is 8.15. The van der Waals surface area contributed by atoms with Gasteiger partial charge in [0.05, 0.1) is 11.9 Å². The lowest BCUT2D eigenvalue weighted by Gasteiger charge is -2.36. The summed E-state index contributed by atoms with van der Waals surface area (Å²) in [6.45, 7) is 4.14. The number of aliphatic imine (C=N–C) groups is 1. The van der Waals surface area contributed by atoms with Gasteiger partial charge in [0.2, 0.25) is 0 Å². The van der Waals surface area contributed by atoms with Crippen LogP contribution in [0.5, 0.6) is 0 Å². The third-order valence-corrected chi connectivity index (χ3v) is 2.62. The predicted octanol–water partition coefficient (Wildman–Crippen LogP) is 0.807. The van der Waals surface area contributed by atoms with Crippen LogP contribution in [0.15, 0.2) is 17.3 Å². The molecule has 2 N–H and O–H groups in total. The first-order valence-electron chi connectivity index (χ1n) is 4.28. The van der Waals surface area contributed by atoms with Gasteiger partial charge in [0.15, 0.2) is 0 Å². The molecule has 1 aliphatic rings. The molecule has 0 bridgehead atoms. The van der Waals surface area contributed by atoms with Crippen molar-refractivity contribution in [3.05, 3.63) is 18.0 Å². The lowest BCUT2D eigenvalue weighted by Crippen LogP contribution is -2.42. The van der Waals surface area contributed by atoms with Crippen LogP contribution in [0.25, 0.3) is 0 Å². The van der Waals surface area contributed by atoms with Gasteiger partial charge in [-0.15, -0.1) is 0 Å². The van der Waals surface area contributed by atoms with E-state index in [2.05, 4.69) is 23.7 Å². The topological polar surface area (TPSA) is 46.5 Å². The van der Waals surface area contributed by atoms with Gasteiger partial charge in [-0.1, -0.05) is 0 Å². The molecule has 0 amide bonds. The summed E-state index contributed by atoms with van der Waals surface area (Å²) in [5, 5.41) is 0. The van der Waals surface area contributed by atoms with E-state index >= 15 is 0 Å². The van der Waals surface area contributed by atoms with Crippen LogP contribution in [0, 0.1) is 0 Å². The van der Waals surface area contributed by atoms with Crippen LogP contribution < -0.4 is 10.7 Å². The Balaban J connectivity index is 2.56. The molecule has 0 aromatic carbocycles. The Morgan fingerprint density at radius 2 is 2.15 bits per heavy atom. The van der Waals surface area contributed by atoms with E-state index in [1.54, 1.807) is 4.68 Å². The van der Waals surface area contributed by atoms with Crippen LogP contribution in [0.1, 0.15) is 19.5 Å². The first kappa shape index (κ1) is 8.16. The molecule has 0 aliphatic carbocycles. The van der Waals surface area contributed by atoms with Crippen molar-refractivity contribution in [1.29, 1.82) is 0 Å². The van der Waals surface area contributed by atoms with Gasteiger partial charge < -0.3 is 10.7 Å². The van der Waals surface area contributed by atoms with E-state index in [0.29, 0.717) is 0 Å². The van der Waals surface area contributed by atoms with Gasteiger partial charge in [-0.3, -0.25) is 9.67 Å². The van der Waals surface area contributed by atoms with Gasteiger partial charge in [-0.05, 0) is 19.9 Å². The number of hydrogen-bond acceptors (Lipinski definition) is 3. The Morgan fingerprint density at radius 1 is 1.46 bits per heavy atom. The van der Waals surface area contributed by atoms with E-state index in [-0.39, 0.29) is 5.66 Å². The highest BCUT2D eigenvalue weighted by atomic mass is 15.3. The molecule has 4 nitrogen and oxygen atoms in total. The summed E-state index contributed by atoms with van der Waals surface area (Å²) in [6, 6.07) is 2.00. The van der Waals surface area contributed by atoms with Crippen molar-refractivity contribution < 1.29 is 0 Å². The minimum atomic E-state index is -0.172. The highest BCUT2D eigenvalue weighted by Gasteiger charge is 2.28. The molecule has 0 radical (unpaired) electrons. The zero-order valence-corrected chi connectivity index (χ0v) is 8.15. The van der Waals surface area contributed by atoms with E-state index in [9.17, 15) is 0 Å². The average molecular weight is 178 g/mol. The van der Waals surface area contributed by atoms with Gasteiger partial charge in [0, 0.05) is 13.2 Å². The minimum absolute atomic E-state index is 0.172. The number of anilines is 1. The van der Waals surface area contributed by atoms with Gasteiger partial charge in [0.1, 0.15) is 11.4 Å². The number of hydrogen-bond donors (Lipinski definition) is 1. The van der Waals surface area contributed by atoms with Crippen molar-refractivity contribution in [3.63, 3.8) is 0 Å². The Labute approximate surface area is 77.6 Å². The summed E-state index contributed by atoms with van der Waals surface area (Å²) >= 11 is 0. The van der Waals surface area contributed by atoms with Crippen molar-refractivity contribution in [2.45, 2.75) is 19.5 Å². The van der Waals surface area contributed by atoms with E-state index in [1.807, 2.05) is 25.5 Å². The van der Waals surface area contributed by atoms with E-state index in [0.717, 1.165) is 11.4 Å². The summed E-state index contributed by atoms with van der Waals surface area (Å²) < 4.78 is 1.59. The first-order chi connectivity index (χ1) is 6.02. The van der Waals surface area contributed by atoms with Crippen molar-refractivity contribution in [1.82, 2.24) is 4.68 Å². The first-order valence-corrected chi connectivity index (χ1v) is 4.28. The molecule has 0 unspecified atom stereocenters. The molecule has 0 saturated heterocycles. The van der Waals surface area contributed by atoms with Crippen LogP contribution in [0.3, 0.4) is 0 Å². The fourth-order valence-corrected chi connectivity index (χ4v) is 1.47. The van der Waals surface area contributed by atoms with Gasteiger partial charge in [0.25, 0.3) is 0 Å². The molecule has 0 saturated carbocycles. The summed E-state index contributed by atoms with van der Waals surface area (Å²) in [7, 11) is 2.02. The maximum atomic E-state index is 5.71. The zero-order chi connectivity index (χ0) is 9.64. The number of nitrogens with two attached hydrogens (primary N) is 1. The molecular weight excluding hydrogens is 164 g/mol. The standard InChI is InChI=1S/C9H14N4/c1-9(2)11-6-8-7(12(9)3)4-5-13(8)10/h4-6H,10H2,1-3H3. The molecule has 1 aliphatic heterocycles. The molecule has 0 atom stereocenters. The van der Waals surface area contributed by atoms with Crippen molar-refractivity contribution in [2.75, 3.05) is 17.8 Å². The smallest absolute Gasteiger partial charge is 0.126 e. The van der Waals surface area contributed by atoms with Crippen molar-refractivity contribution in [2.24, 2.45) is 4.99 Å². The fraction of sp³-hybridized carbons (Fsp3) is 0.444. The molecule has 4 heteroatoms. The Kier molecular flexibility index (Phi) is 1.43. The molecular formula is C9H14N4. The molecule has 0 fully saturated rings. The Morgan fingerprint density at radius 3 is 2.85 bits per heavy atom. The largest absolute Gasteiger partial charge is 0.349 e. The second-order valence-electron chi connectivity index (χ2n) is 3.81. The van der Waals surface area contributed by atoms with Crippen LogP contribution in [-0.4, -0.2) is 23.6 Å². The Bertz CT molecular complexity index is 362. The normalized spacial score (nSPS) is 18.8. The fourth-order valence-electron chi connectivity index (χ4n) is 1.47. The second-order valence-corrected chi connectivity index (χ2v) is 3.81. The lowest BCUT2D eigenvalue weighted by molar-refractivity contribution is 0.509. The van der Waals surface area contributed by atoms with Crippen molar-refractivity contribution in [3.8, 4) is 0 Å². The maximum Gasteiger partial charge on any atom is 0.126 e. The molecule has 70 valence electrons. The molecule has 1 aromatic heterocycles. The molecule has 13 heavy (non-hydrogen) atoms. The summed E-state index contributed by atoms with van der Waals surface area (Å²) in [5.74, 6) is 5.71. The SMILES string of the molecule is CN1c2ccn(N)c2C=NC1(C)C. The number of fused-ring (bicyclic) bond motifs is 1. The molecule has 2 heterocycles. The van der Waals surface area contributed by atoms with Crippen LogP contribution in [0.2, 0.25) is 0 Å². The summed E-state index contributed by atoms with van der Waals surface area (Å²) in [6.07, 6.45) is 3.67. The van der Waals surface area contributed by atoms with Crippen LogP contribution >= 0.6 is 0 Å². The highest BCUT2D eigenvalue weighted by molar-refractivity contribution is 5.89. The second kappa shape index (κ2) is 2.28. The molecule has 2 rings (SSSR count).